The smallest absolute Gasteiger partial charge is 0.241 e. The quantitative estimate of drug-likeness (QED) is 0.836. The lowest BCUT2D eigenvalue weighted by molar-refractivity contribution is -0.120. The molecule has 2 saturated carbocycles. The van der Waals surface area contributed by atoms with E-state index in [1.165, 1.54) is 20.0 Å². The topological polar surface area (TPSA) is 75.7 Å². The zero-order chi connectivity index (χ0) is 18.2. The van der Waals surface area contributed by atoms with Crippen molar-refractivity contribution in [2.45, 2.75) is 38.6 Å². The van der Waals surface area contributed by atoms with Gasteiger partial charge in [0.15, 0.2) is 0 Å². The van der Waals surface area contributed by atoms with Crippen LogP contribution in [0.1, 0.15) is 31.2 Å². The average Bonchev–Trinajstić information content (AvgIpc) is 3.14. The Morgan fingerprint density at radius 3 is 2.64 bits per heavy atom. The fraction of sp³-hybridized carbons (Fsp3) is 0.611. The average molecular weight is 366 g/mol. The zero-order valence-corrected chi connectivity index (χ0v) is 15.8. The molecule has 0 spiro atoms. The van der Waals surface area contributed by atoms with E-state index in [4.69, 9.17) is 4.74 Å². The lowest BCUT2D eigenvalue weighted by Crippen LogP contribution is -2.45. The number of sulfonamides is 1. The summed E-state index contributed by atoms with van der Waals surface area (Å²) in [5.74, 6) is 1.45. The highest BCUT2D eigenvalue weighted by Crippen LogP contribution is 2.44. The number of aryl methyl sites for hydroxylation is 1. The van der Waals surface area contributed by atoms with E-state index in [0.717, 1.165) is 34.9 Å². The molecule has 6 nitrogen and oxygen atoms in total. The van der Waals surface area contributed by atoms with Crippen molar-refractivity contribution in [2.75, 3.05) is 24.2 Å². The largest absolute Gasteiger partial charge is 0.495 e. The maximum absolute atomic E-state index is 12.5. The van der Waals surface area contributed by atoms with Crippen molar-refractivity contribution in [3.05, 3.63) is 23.8 Å². The number of fused-ring (bicyclic) bond motifs is 2. The molecule has 138 valence electrons. The van der Waals surface area contributed by atoms with Gasteiger partial charge in [-0.3, -0.25) is 9.10 Å². The van der Waals surface area contributed by atoms with E-state index in [9.17, 15) is 13.2 Å². The summed E-state index contributed by atoms with van der Waals surface area (Å²) in [5, 5.41) is 3.05. The van der Waals surface area contributed by atoms with Gasteiger partial charge in [-0.2, -0.15) is 0 Å². The third kappa shape index (κ3) is 3.92. The van der Waals surface area contributed by atoms with Gasteiger partial charge >= 0.3 is 0 Å². The van der Waals surface area contributed by atoms with Crippen LogP contribution in [0, 0.1) is 18.8 Å². The van der Waals surface area contributed by atoms with Crippen LogP contribution in [-0.2, 0) is 14.8 Å². The fourth-order valence-electron chi connectivity index (χ4n) is 4.18. The normalized spacial score (nSPS) is 25.0. The number of amides is 1. The SMILES string of the molecule is COc1ccc(C)cc1N(CC(=O)NC1CC2CCC1C2)S(C)(=O)=O. The Morgan fingerprint density at radius 1 is 1.32 bits per heavy atom. The number of nitrogens with one attached hydrogen (secondary N) is 1. The third-order valence-electron chi connectivity index (χ3n) is 5.38. The van der Waals surface area contributed by atoms with Crippen LogP contribution < -0.4 is 14.4 Å². The molecular formula is C18H26N2O4S. The molecule has 0 radical (unpaired) electrons. The van der Waals surface area contributed by atoms with Gasteiger partial charge in [-0.05, 0) is 55.7 Å². The number of ether oxygens (including phenoxy) is 1. The molecule has 2 aliphatic rings. The van der Waals surface area contributed by atoms with Crippen molar-refractivity contribution in [1.29, 1.82) is 0 Å². The van der Waals surface area contributed by atoms with Gasteiger partial charge in [0.25, 0.3) is 0 Å². The van der Waals surface area contributed by atoms with E-state index in [-0.39, 0.29) is 18.5 Å². The highest BCUT2D eigenvalue weighted by atomic mass is 32.2. The summed E-state index contributed by atoms with van der Waals surface area (Å²) < 4.78 is 31.0. The van der Waals surface area contributed by atoms with E-state index >= 15 is 0 Å². The minimum absolute atomic E-state index is 0.187. The van der Waals surface area contributed by atoms with Crippen molar-refractivity contribution >= 4 is 21.6 Å². The molecule has 1 aromatic rings. The second-order valence-corrected chi connectivity index (χ2v) is 9.20. The summed E-state index contributed by atoms with van der Waals surface area (Å²) in [6.07, 6.45) is 5.74. The first-order chi connectivity index (χ1) is 11.8. The summed E-state index contributed by atoms with van der Waals surface area (Å²) in [6, 6.07) is 5.48. The van der Waals surface area contributed by atoms with Crippen LogP contribution in [0.25, 0.3) is 0 Å². The second-order valence-electron chi connectivity index (χ2n) is 7.29. The van der Waals surface area contributed by atoms with Crippen LogP contribution >= 0.6 is 0 Å². The Morgan fingerprint density at radius 2 is 2.08 bits per heavy atom. The highest BCUT2D eigenvalue weighted by molar-refractivity contribution is 7.92. The number of carbonyl (C=O) groups excluding carboxylic acids is 1. The van der Waals surface area contributed by atoms with Crippen molar-refractivity contribution in [1.82, 2.24) is 5.32 Å². The fourth-order valence-corrected chi connectivity index (χ4v) is 5.03. The number of benzene rings is 1. The van der Waals surface area contributed by atoms with Gasteiger partial charge in [-0.1, -0.05) is 12.5 Å². The molecule has 2 fully saturated rings. The molecule has 1 aromatic carbocycles. The van der Waals surface area contributed by atoms with E-state index in [2.05, 4.69) is 5.32 Å². The van der Waals surface area contributed by atoms with Gasteiger partial charge < -0.3 is 10.1 Å². The van der Waals surface area contributed by atoms with Crippen molar-refractivity contribution in [3.8, 4) is 5.75 Å². The standard InChI is InChI=1S/C18H26N2O4S/c1-12-4-7-17(24-2)16(8-12)20(25(3,22)23)11-18(21)19-15-10-13-5-6-14(15)9-13/h4,7-8,13-15H,5-6,9-11H2,1-3H3,(H,19,21). The Bertz CT molecular complexity index is 762. The Balaban J connectivity index is 1.78. The first kappa shape index (κ1) is 18.0. The van der Waals surface area contributed by atoms with Crippen LogP contribution in [0.3, 0.4) is 0 Å². The van der Waals surface area contributed by atoms with Crippen LogP contribution in [0.15, 0.2) is 18.2 Å². The number of nitrogens with zero attached hydrogens (tertiary/aromatic N) is 1. The van der Waals surface area contributed by atoms with Crippen LogP contribution in [0.2, 0.25) is 0 Å². The number of carbonyl (C=O) groups is 1. The first-order valence-electron chi connectivity index (χ1n) is 8.69. The van der Waals surface area contributed by atoms with Crippen LogP contribution in [0.4, 0.5) is 5.69 Å². The predicted molar refractivity (Wildman–Crippen MR) is 97.3 cm³/mol. The van der Waals surface area contributed by atoms with E-state index in [1.807, 2.05) is 13.0 Å². The monoisotopic (exact) mass is 366 g/mol. The van der Waals surface area contributed by atoms with Gasteiger partial charge in [0.05, 0.1) is 19.1 Å². The molecule has 2 bridgehead atoms. The molecule has 2 aliphatic carbocycles. The number of rotatable bonds is 6. The maximum atomic E-state index is 12.5. The molecule has 0 saturated heterocycles. The Labute approximate surface area is 149 Å². The number of anilines is 1. The molecule has 0 aromatic heterocycles. The zero-order valence-electron chi connectivity index (χ0n) is 15.0. The van der Waals surface area contributed by atoms with Crippen molar-refractivity contribution in [2.24, 2.45) is 11.8 Å². The Hall–Kier alpha value is -1.76. The molecule has 1 amide bonds. The first-order valence-corrected chi connectivity index (χ1v) is 10.5. The summed E-state index contributed by atoms with van der Waals surface area (Å²) in [5.41, 5.74) is 1.30. The maximum Gasteiger partial charge on any atom is 0.241 e. The summed E-state index contributed by atoms with van der Waals surface area (Å²) >= 11 is 0. The molecule has 3 unspecified atom stereocenters. The summed E-state index contributed by atoms with van der Waals surface area (Å²) in [6.45, 7) is 1.64. The minimum atomic E-state index is -3.61. The van der Waals surface area contributed by atoms with Gasteiger partial charge in [0.1, 0.15) is 12.3 Å². The Kier molecular flexibility index (Phi) is 4.95. The number of hydrogen-bond donors (Lipinski definition) is 1. The lowest BCUT2D eigenvalue weighted by Gasteiger charge is -2.27. The molecule has 0 heterocycles. The van der Waals surface area contributed by atoms with Gasteiger partial charge in [0, 0.05) is 6.04 Å². The summed E-state index contributed by atoms with van der Waals surface area (Å²) in [7, 11) is -2.12. The molecule has 3 rings (SSSR count). The number of methoxy groups -OCH3 is 1. The van der Waals surface area contributed by atoms with Gasteiger partial charge in [-0.25, -0.2) is 8.42 Å². The van der Waals surface area contributed by atoms with E-state index < -0.39 is 10.0 Å². The van der Waals surface area contributed by atoms with Crippen LogP contribution in [0.5, 0.6) is 5.75 Å². The molecule has 7 heteroatoms. The van der Waals surface area contributed by atoms with Crippen LogP contribution in [-0.4, -0.2) is 40.3 Å². The predicted octanol–water partition coefficient (Wildman–Crippen LogP) is 2.07. The van der Waals surface area contributed by atoms with E-state index in [1.54, 1.807) is 12.1 Å². The van der Waals surface area contributed by atoms with Gasteiger partial charge in [0.2, 0.25) is 15.9 Å². The van der Waals surface area contributed by atoms with Crippen molar-refractivity contribution in [3.63, 3.8) is 0 Å². The van der Waals surface area contributed by atoms with Crippen molar-refractivity contribution < 1.29 is 17.9 Å². The second kappa shape index (κ2) is 6.86. The van der Waals surface area contributed by atoms with E-state index in [0.29, 0.717) is 17.4 Å². The summed E-state index contributed by atoms with van der Waals surface area (Å²) in [4.78, 5) is 12.5. The molecule has 0 aliphatic heterocycles. The molecule has 25 heavy (non-hydrogen) atoms. The molecule has 3 atom stereocenters. The molecular weight excluding hydrogens is 340 g/mol. The molecule has 1 N–H and O–H groups in total. The van der Waals surface area contributed by atoms with Gasteiger partial charge in [-0.15, -0.1) is 0 Å². The third-order valence-corrected chi connectivity index (χ3v) is 6.50. The lowest BCUT2D eigenvalue weighted by atomic mass is 9.95. The highest BCUT2D eigenvalue weighted by Gasteiger charge is 2.40. The minimum Gasteiger partial charge on any atom is -0.495 e. The number of hydrogen-bond acceptors (Lipinski definition) is 4.